The first kappa shape index (κ1) is 12.1. The van der Waals surface area contributed by atoms with Crippen molar-refractivity contribution in [2.75, 3.05) is 11.2 Å². The van der Waals surface area contributed by atoms with Crippen molar-refractivity contribution in [3.63, 3.8) is 0 Å². The Bertz CT molecular complexity index is 564. The number of nitrogen functional groups attached to an aromatic ring is 1. The Labute approximate surface area is 105 Å². The van der Waals surface area contributed by atoms with Gasteiger partial charge in [0, 0.05) is 5.69 Å². The summed E-state index contributed by atoms with van der Waals surface area (Å²) in [6.07, 6.45) is 0. The lowest BCUT2D eigenvalue weighted by Gasteiger charge is -2.00. The van der Waals surface area contributed by atoms with Crippen LogP contribution in [0.25, 0.3) is 0 Å². The minimum Gasteiger partial charge on any atom is -0.399 e. The quantitative estimate of drug-likeness (QED) is 0.435. The van der Waals surface area contributed by atoms with Crippen molar-refractivity contribution >= 4 is 22.7 Å². The molecule has 0 spiro atoms. The van der Waals surface area contributed by atoms with Gasteiger partial charge in [-0.1, -0.05) is 0 Å². The predicted octanol–water partition coefficient (Wildman–Crippen LogP) is 3.79. The molecular weight excluding hydrogens is 228 g/mol. The molecule has 2 aromatic rings. The van der Waals surface area contributed by atoms with Gasteiger partial charge in [0.25, 0.3) is 0 Å². The minimum atomic E-state index is 0.609. The molecule has 92 valence electrons. The number of aryl methyl sites for hydroxylation is 1. The molecule has 5 heteroatoms. The number of nitrogens with zero attached hydrogens (tertiary/aromatic N) is 2. The molecule has 2 aromatic carbocycles. The molecule has 0 aromatic heterocycles. The van der Waals surface area contributed by atoms with E-state index in [0.717, 1.165) is 16.9 Å². The molecule has 0 unspecified atom stereocenters. The van der Waals surface area contributed by atoms with Crippen molar-refractivity contribution in [3.05, 3.63) is 48.0 Å². The van der Waals surface area contributed by atoms with E-state index in [2.05, 4.69) is 15.7 Å². The number of hydrogen-bond donors (Lipinski definition) is 3. The van der Waals surface area contributed by atoms with Crippen LogP contribution >= 0.6 is 0 Å². The summed E-state index contributed by atoms with van der Waals surface area (Å²) in [5.74, 6) is 0. The number of anilines is 2. The summed E-state index contributed by atoms with van der Waals surface area (Å²) in [4.78, 5) is 0. The van der Waals surface area contributed by atoms with Gasteiger partial charge in [-0.25, -0.2) is 0 Å². The summed E-state index contributed by atoms with van der Waals surface area (Å²) in [6, 6.07) is 12.4. The molecule has 0 radical (unpaired) electrons. The summed E-state index contributed by atoms with van der Waals surface area (Å²) in [5.41, 5.74) is 11.6. The first-order chi connectivity index (χ1) is 8.69. The molecule has 0 saturated carbocycles. The predicted molar refractivity (Wildman–Crippen MR) is 71.6 cm³/mol. The monoisotopic (exact) mass is 242 g/mol. The number of nitrogens with one attached hydrogen (secondary N) is 1. The van der Waals surface area contributed by atoms with Gasteiger partial charge in [0.2, 0.25) is 0 Å². The summed E-state index contributed by atoms with van der Waals surface area (Å²) in [7, 11) is 0. The summed E-state index contributed by atoms with van der Waals surface area (Å²) in [5, 5.41) is 16.9. The van der Waals surface area contributed by atoms with Crippen molar-refractivity contribution in [2.45, 2.75) is 6.92 Å². The summed E-state index contributed by atoms with van der Waals surface area (Å²) >= 11 is 0. The zero-order valence-corrected chi connectivity index (χ0v) is 9.96. The second-order valence-electron chi connectivity index (χ2n) is 3.90. The molecule has 18 heavy (non-hydrogen) atoms. The second-order valence-corrected chi connectivity index (χ2v) is 3.90. The Morgan fingerprint density at radius 1 is 1.00 bits per heavy atom. The fourth-order valence-corrected chi connectivity index (χ4v) is 1.44. The Hall–Kier alpha value is -2.40. The number of azo groups is 1. The first-order valence-electron chi connectivity index (χ1n) is 5.47. The molecule has 0 bridgehead atoms. The van der Waals surface area contributed by atoms with E-state index < -0.39 is 0 Å². The highest BCUT2D eigenvalue weighted by Crippen LogP contribution is 2.22. The van der Waals surface area contributed by atoms with Crippen molar-refractivity contribution in [2.24, 2.45) is 10.2 Å². The highest BCUT2D eigenvalue weighted by atomic mass is 16.5. The maximum absolute atomic E-state index is 8.68. The average molecular weight is 242 g/mol. The zero-order valence-electron chi connectivity index (χ0n) is 9.96. The van der Waals surface area contributed by atoms with Crippen LogP contribution in [0.3, 0.4) is 0 Å². The van der Waals surface area contributed by atoms with Gasteiger partial charge < -0.3 is 5.73 Å². The van der Waals surface area contributed by atoms with Gasteiger partial charge >= 0.3 is 0 Å². The Morgan fingerprint density at radius 3 is 2.22 bits per heavy atom. The maximum Gasteiger partial charge on any atom is 0.0861 e. The second kappa shape index (κ2) is 5.29. The third-order valence-corrected chi connectivity index (χ3v) is 2.53. The SMILES string of the molecule is Cc1cc(/N=N/c2ccc(NO)cc2)ccc1N. The molecule has 0 amide bonds. The minimum absolute atomic E-state index is 0.609. The van der Waals surface area contributed by atoms with Gasteiger partial charge in [0.05, 0.1) is 17.1 Å². The lowest BCUT2D eigenvalue weighted by Crippen LogP contribution is -1.87. The summed E-state index contributed by atoms with van der Waals surface area (Å²) in [6.45, 7) is 1.93. The van der Waals surface area contributed by atoms with E-state index in [-0.39, 0.29) is 0 Å². The number of nitrogens with two attached hydrogens (primary N) is 1. The molecule has 0 atom stereocenters. The molecule has 4 N–H and O–H groups in total. The van der Waals surface area contributed by atoms with E-state index in [1.165, 1.54) is 0 Å². The molecule has 0 fully saturated rings. The molecule has 0 aliphatic heterocycles. The maximum atomic E-state index is 8.68. The van der Waals surface area contributed by atoms with E-state index >= 15 is 0 Å². The van der Waals surface area contributed by atoms with Gasteiger partial charge in [0.15, 0.2) is 0 Å². The molecular formula is C13H14N4O. The van der Waals surface area contributed by atoms with Gasteiger partial charge in [-0.3, -0.25) is 10.7 Å². The Balaban J connectivity index is 2.16. The van der Waals surface area contributed by atoms with Crippen LogP contribution in [0.2, 0.25) is 0 Å². The highest BCUT2D eigenvalue weighted by molar-refractivity contribution is 5.54. The fraction of sp³-hybridized carbons (Fsp3) is 0.0769. The highest BCUT2D eigenvalue weighted by Gasteiger charge is 1.96. The smallest absolute Gasteiger partial charge is 0.0861 e. The number of hydrogen-bond acceptors (Lipinski definition) is 5. The van der Waals surface area contributed by atoms with Crippen LogP contribution in [0.5, 0.6) is 0 Å². The van der Waals surface area contributed by atoms with E-state index in [4.69, 9.17) is 10.9 Å². The van der Waals surface area contributed by atoms with Crippen LogP contribution < -0.4 is 11.2 Å². The number of benzene rings is 2. The van der Waals surface area contributed by atoms with Crippen molar-refractivity contribution in [1.29, 1.82) is 0 Å². The Kier molecular flexibility index (Phi) is 3.54. The summed E-state index contributed by atoms with van der Waals surface area (Å²) < 4.78 is 0. The van der Waals surface area contributed by atoms with E-state index in [0.29, 0.717) is 11.4 Å². The van der Waals surface area contributed by atoms with Crippen molar-refractivity contribution in [3.8, 4) is 0 Å². The van der Waals surface area contributed by atoms with Crippen LogP contribution in [0.1, 0.15) is 5.56 Å². The largest absolute Gasteiger partial charge is 0.399 e. The Morgan fingerprint density at radius 2 is 1.61 bits per heavy atom. The fourth-order valence-electron chi connectivity index (χ4n) is 1.44. The topological polar surface area (TPSA) is 83.0 Å². The third kappa shape index (κ3) is 2.83. The molecule has 0 saturated heterocycles. The standard InChI is InChI=1S/C13H14N4O/c1-9-8-12(6-7-13(9)14)16-15-10-2-4-11(17-18)5-3-10/h2-8,17-18H,14H2,1H3/b16-15+. The first-order valence-corrected chi connectivity index (χ1v) is 5.47. The van der Waals surface area contributed by atoms with Crippen molar-refractivity contribution < 1.29 is 5.21 Å². The lowest BCUT2D eigenvalue weighted by molar-refractivity contribution is 0.389. The number of rotatable bonds is 3. The van der Waals surface area contributed by atoms with E-state index in [9.17, 15) is 0 Å². The molecule has 0 heterocycles. The normalized spacial score (nSPS) is 10.8. The van der Waals surface area contributed by atoms with Crippen LogP contribution in [-0.4, -0.2) is 5.21 Å². The van der Waals surface area contributed by atoms with Crippen LogP contribution in [0.15, 0.2) is 52.7 Å². The lowest BCUT2D eigenvalue weighted by atomic mass is 10.2. The van der Waals surface area contributed by atoms with Gasteiger partial charge in [-0.2, -0.15) is 10.2 Å². The van der Waals surface area contributed by atoms with Crippen LogP contribution in [-0.2, 0) is 0 Å². The van der Waals surface area contributed by atoms with E-state index in [1.807, 2.05) is 25.1 Å². The van der Waals surface area contributed by atoms with Crippen LogP contribution in [0, 0.1) is 6.92 Å². The molecule has 0 aliphatic carbocycles. The van der Waals surface area contributed by atoms with Gasteiger partial charge in [0.1, 0.15) is 0 Å². The molecule has 2 rings (SSSR count). The molecule has 0 aliphatic rings. The van der Waals surface area contributed by atoms with Crippen molar-refractivity contribution in [1.82, 2.24) is 0 Å². The third-order valence-electron chi connectivity index (χ3n) is 2.53. The van der Waals surface area contributed by atoms with Crippen LogP contribution in [0.4, 0.5) is 22.7 Å². The van der Waals surface area contributed by atoms with E-state index in [1.54, 1.807) is 24.3 Å². The zero-order chi connectivity index (χ0) is 13.0. The average Bonchev–Trinajstić information content (AvgIpc) is 2.41. The molecule has 5 nitrogen and oxygen atoms in total. The van der Waals surface area contributed by atoms with Gasteiger partial charge in [-0.05, 0) is 55.0 Å². The van der Waals surface area contributed by atoms with Gasteiger partial charge in [-0.15, -0.1) is 0 Å².